The van der Waals surface area contributed by atoms with E-state index >= 15 is 0 Å². The van der Waals surface area contributed by atoms with Crippen LogP contribution in [-0.2, 0) is 11.2 Å². The van der Waals surface area contributed by atoms with Crippen LogP contribution in [0.15, 0.2) is 24.3 Å². The average molecular weight is 385 g/mol. The first-order valence-corrected chi connectivity index (χ1v) is 8.96. The van der Waals surface area contributed by atoms with Crippen LogP contribution in [0.2, 0.25) is 0 Å². The van der Waals surface area contributed by atoms with Crippen molar-refractivity contribution in [2.45, 2.75) is 30.6 Å². The Balaban J connectivity index is 1.52. The SMILES string of the molecule is COc1ccc(C[C@H]2NC[C@H](O)[C@H]2OC(=O)NC[C@@H]2CNCC2(F)F)cc1. The summed E-state index contributed by atoms with van der Waals surface area (Å²) in [5.74, 6) is -3.08. The van der Waals surface area contributed by atoms with E-state index in [2.05, 4.69) is 16.0 Å². The Kier molecular flexibility index (Phi) is 6.13. The minimum absolute atomic E-state index is 0.140. The number of carbonyl (C=O) groups is 1. The van der Waals surface area contributed by atoms with Crippen molar-refractivity contribution in [1.82, 2.24) is 16.0 Å². The second-order valence-electron chi connectivity index (χ2n) is 6.97. The molecule has 2 aliphatic rings. The highest BCUT2D eigenvalue weighted by Crippen LogP contribution is 2.27. The van der Waals surface area contributed by atoms with Gasteiger partial charge in [-0.2, -0.15) is 0 Å². The molecule has 1 aromatic carbocycles. The van der Waals surface area contributed by atoms with E-state index in [0.717, 1.165) is 11.3 Å². The van der Waals surface area contributed by atoms with Crippen LogP contribution in [0.4, 0.5) is 13.6 Å². The Morgan fingerprint density at radius 2 is 2.07 bits per heavy atom. The van der Waals surface area contributed by atoms with Gasteiger partial charge in [-0.1, -0.05) is 12.1 Å². The lowest BCUT2D eigenvalue weighted by Gasteiger charge is -2.23. The number of carbonyl (C=O) groups excluding carboxylic acids is 1. The monoisotopic (exact) mass is 385 g/mol. The van der Waals surface area contributed by atoms with Gasteiger partial charge in [-0.15, -0.1) is 0 Å². The largest absolute Gasteiger partial charge is 0.497 e. The van der Waals surface area contributed by atoms with Gasteiger partial charge in [-0.05, 0) is 24.1 Å². The summed E-state index contributed by atoms with van der Waals surface area (Å²) in [5.41, 5.74) is 0.994. The van der Waals surface area contributed by atoms with Crippen LogP contribution in [0.3, 0.4) is 0 Å². The molecule has 1 amide bonds. The molecule has 0 saturated carbocycles. The summed E-state index contributed by atoms with van der Waals surface area (Å²) in [6, 6.07) is 7.20. The topological polar surface area (TPSA) is 91.8 Å². The van der Waals surface area contributed by atoms with Crippen molar-refractivity contribution in [3.8, 4) is 5.75 Å². The molecule has 4 atom stereocenters. The van der Waals surface area contributed by atoms with Crippen LogP contribution in [0.1, 0.15) is 5.56 Å². The molecule has 0 unspecified atom stereocenters. The summed E-state index contributed by atoms with van der Waals surface area (Å²) < 4.78 is 37.6. The number of methoxy groups -OCH3 is 1. The number of alkyl halides is 2. The molecular weight excluding hydrogens is 360 g/mol. The molecule has 4 N–H and O–H groups in total. The summed E-state index contributed by atoms with van der Waals surface area (Å²) in [4.78, 5) is 12.0. The highest BCUT2D eigenvalue weighted by molar-refractivity contribution is 5.67. The molecule has 0 bridgehead atoms. The predicted octanol–water partition coefficient (Wildman–Crippen LogP) is 0.520. The predicted molar refractivity (Wildman–Crippen MR) is 94.1 cm³/mol. The van der Waals surface area contributed by atoms with Gasteiger partial charge in [0, 0.05) is 19.6 Å². The maximum absolute atomic E-state index is 13.6. The third-order valence-electron chi connectivity index (χ3n) is 5.06. The molecule has 1 aromatic rings. The molecule has 2 fully saturated rings. The van der Waals surface area contributed by atoms with Gasteiger partial charge in [-0.3, -0.25) is 0 Å². The van der Waals surface area contributed by atoms with Gasteiger partial charge in [-0.25, -0.2) is 13.6 Å². The zero-order valence-corrected chi connectivity index (χ0v) is 15.1. The second-order valence-corrected chi connectivity index (χ2v) is 6.97. The number of halogens is 2. The van der Waals surface area contributed by atoms with E-state index in [-0.39, 0.29) is 25.7 Å². The highest BCUT2D eigenvalue weighted by Gasteiger charge is 2.44. The molecule has 0 spiro atoms. The molecule has 9 heteroatoms. The Morgan fingerprint density at radius 1 is 1.33 bits per heavy atom. The van der Waals surface area contributed by atoms with Gasteiger partial charge in [0.25, 0.3) is 5.92 Å². The van der Waals surface area contributed by atoms with Crippen molar-refractivity contribution in [3.63, 3.8) is 0 Å². The van der Waals surface area contributed by atoms with E-state index in [9.17, 15) is 18.7 Å². The van der Waals surface area contributed by atoms with Crippen molar-refractivity contribution in [3.05, 3.63) is 29.8 Å². The number of rotatable bonds is 6. The minimum atomic E-state index is -2.85. The molecule has 7 nitrogen and oxygen atoms in total. The van der Waals surface area contributed by atoms with Gasteiger partial charge in [0.1, 0.15) is 18.0 Å². The van der Waals surface area contributed by atoms with Crippen LogP contribution < -0.4 is 20.7 Å². The molecule has 0 aliphatic carbocycles. The van der Waals surface area contributed by atoms with Crippen molar-refractivity contribution in [1.29, 1.82) is 0 Å². The zero-order chi connectivity index (χ0) is 19.4. The fourth-order valence-corrected chi connectivity index (χ4v) is 3.44. The minimum Gasteiger partial charge on any atom is -0.497 e. The fourth-order valence-electron chi connectivity index (χ4n) is 3.44. The summed E-state index contributed by atoms with van der Waals surface area (Å²) in [6.45, 7) is -0.133. The van der Waals surface area contributed by atoms with Crippen molar-refractivity contribution in [2.75, 3.05) is 33.3 Å². The first-order chi connectivity index (χ1) is 12.9. The van der Waals surface area contributed by atoms with E-state index in [1.807, 2.05) is 24.3 Å². The standard InChI is InChI=1S/C18H25F2N3O4/c1-26-13-4-2-11(3-5-13)6-14-16(15(24)9-22-14)27-17(25)23-8-12-7-21-10-18(12,19)20/h2-5,12,14-16,21-22,24H,6-10H2,1H3,(H,23,25)/t12-,14+,15-,16-/m0/s1. The summed E-state index contributed by atoms with van der Waals surface area (Å²) in [5, 5.41) is 18.2. The fraction of sp³-hybridized carbons (Fsp3) is 0.611. The molecule has 2 saturated heterocycles. The normalized spacial score (nSPS) is 29.5. The Hall–Kier alpha value is -1.97. The third-order valence-corrected chi connectivity index (χ3v) is 5.06. The van der Waals surface area contributed by atoms with Crippen LogP contribution in [0.5, 0.6) is 5.75 Å². The molecule has 3 rings (SSSR count). The number of alkyl carbamates (subject to hydrolysis) is 1. The van der Waals surface area contributed by atoms with Gasteiger partial charge in [0.05, 0.1) is 25.6 Å². The Morgan fingerprint density at radius 3 is 2.70 bits per heavy atom. The smallest absolute Gasteiger partial charge is 0.407 e. The van der Waals surface area contributed by atoms with Crippen LogP contribution in [0.25, 0.3) is 0 Å². The van der Waals surface area contributed by atoms with E-state index < -0.39 is 30.1 Å². The van der Waals surface area contributed by atoms with Crippen molar-refractivity contribution < 1.29 is 28.2 Å². The Bertz CT molecular complexity index is 644. The first-order valence-electron chi connectivity index (χ1n) is 8.96. The third kappa shape index (κ3) is 4.85. The number of benzene rings is 1. The number of aliphatic hydroxyl groups is 1. The summed E-state index contributed by atoms with van der Waals surface area (Å²) in [7, 11) is 1.59. The van der Waals surface area contributed by atoms with Gasteiger partial charge < -0.3 is 30.5 Å². The molecule has 2 heterocycles. The molecule has 150 valence electrons. The van der Waals surface area contributed by atoms with Gasteiger partial charge in [0.15, 0.2) is 0 Å². The van der Waals surface area contributed by atoms with E-state index in [4.69, 9.17) is 9.47 Å². The number of hydrogen-bond donors (Lipinski definition) is 4. The van der Waals surface area contributed by atoms with Crippen LogP contribution >= 0.6 is 0 Å². The first kappa shape index (κ1) is 19.8. The van der Waals surface area contributed by atoms with Crippen LogP contribution in [0, 0.1) is 5.92 Å². The number of amides is 1. The summed E-state index contributed by atoms with van der Waals surface area (Å²) >= 11 is 0. The molecule has 2 aliphatic heterocycles. The molecule has 27 heavy (non-hydrogen) atoms. The zero-order valence-electron chi connectivity index (χ0n) is 15.1. The number of hydrogen-bond acceptors (Lipinski definition) is 6. The number of aliphatic hydroxyl groups excluding tert-OH is 1. The van der Waals surface area contributed by atoms with E-state index in [1.165, 1.54) is 0 Å². The molecule has 0 radical (unpaired) electrons. The van der Waals surface area contributed by atoms with E-state index in [0.29, 0.717) is 13.0 Å². The van der Waals surface area contributed by atoms with Gasteiger partial charge >= 0.3 is 6.09 Å². The molecular formula is C18H25F2N3O4. The van der Waals surface area contributed by atoms with Gasteiger partial charge in [0.2, 0.25) is 0 Å². The Labute approximate surface area is 156 Å². The van der Waals surface area contributed by atoms with E-state index in [1.54, 1.807) is 7.11 Å². The molecule has 0 aromatic heterocycles. The highest BCUT2D eigenvalue weighted by atomic mass is 19.3. The van der Waals surface area contributed by atoms with Crippen molar-refractivity contribution >= 4 is 6.09 Å². The number of nitrogens with one attached hydrogen (secondary N) is 3. The number of ether oxygens (including phenoxy) is 2. The average Bonchev–Trinajstić information content (AvgIpc) is 3.16. The van der Waals surface area contributed by atoms with Crippen LogP contribution in [-0.4, -0.2) is 68.7 Å². The maximum Gasteiger partial charge on any atom is 0.407 e. The summed E-state index contributed by atoms with van der Waals surface area (Å²) in [6.07, 6.45) is -1.86. The van der Waals surface area contributed by atoms with Crippen molar-refractivity contribution in [2.24, 2.45) is 5.92 Å². The quantitative estimate of drug-likeness (QED) is 0.571. The lowest BCUT2D eigenvalue weighted by Crippen LogP contribution is -2.44. The maximum atomic E-state index is 13.6. The second kappa shape index (κ2) is 8.37. The lowest BCUT2D eigenvalue weighted by molar-refractivity contribution is -0.0225. The lowest BCUT2D eigenvalue weighted by atomic mass is 10.0. The number of β-amino-alcohol motifs (C(OH)–C–C–N with tert-alkyl or cyclic N) is 1.